The number of hydrogen-bond donors (Lipinski definition) is 0. The summed E-state index contributed by atoms with van der Waals surface area (Å²) < 4.78 is 16.7. The van der Waals surface area contributed by atoms with E-state index in [1.165, 1.54) is 109 Å². The summed E-state index contributed by atoms with van der Waals surface area (Å²) in [5, 5.41) is 0. The third-order valence-electron chi connectivity index (χ3n) is 10.8. The highest BCUT2D eigenvalue weighted by molar-refractivity contribution is 5.71. The lowest BCUT2D eigenvalue weighted by molar-refractivity contribution is -0.167. The molecule has 0 aromatic heterocycles. The van der Waals surface area contributed by atoms with Gasteiger partial charge in [0.2, 0.25) is 0 Å². The molecule has 0 rings (SSSR count). The van der Waals surface area contributed by atoms with Crippen LogP contribution in [-0.2, 0) is 28.6 Å². The summed E-state index contributed by atoms with van der Waals surface area (Å²) in [5.74, 6) is -0.912. The van der Waals surface area contributed by atoms with Crippen molar-refractivity contribution in [1.82, 2.24) is 0 Å². The van der Waals surface area contributed by atoms with E-state index in [0.717, 1.165) is 96.3 Å². The van der Waals surface area contributed by atoms with Gasteiger partial charge in [0.25, 0.3) is 0 Å². The number of carbonyl (C=O) groups excluding carboxylic acids is 3. The molecule has 0 N–H and O–H groups in total. The number of unbranched alkanes of at least 4 members (excludes halogenated alkanes) is 24. The van der Waals surface area contributed by atoms with Crippen LogP contribution in [-0.4, -0.2) is 37.2 Å². The van der Waals surface area contributed by atoms with Gasteiger partial charge < -0.3 is 14.2 Å². The highest BCUT2D eigenvalue weighted by atomic mass is 16.6. The molecule has 0 unspecified atom stereocenters. The molecule has 6 nitrogen and oxygen atoms in total. The maximum absolute atomic E-state index is 12.8. The van der Waals surface area contributed by atoms with E-state index in [4.69, 9.17) is 14.2 Å². The van der Waals surface area contributed by atoms with E-state index in [0.29, 0.717) is 19.3 Å². The fourth-order valence-electron chi connectivity index (χ4n) is 7.00. The van der Waals surface area contributed by atoms with Gasteiger partial charge in [-0.2, -0.15) is 0 Å². The molecule has 0 aromatic carbocycles. The van der Waals surface area contributed by atoms with Crippen molar-refractivity contribution in [3.05, 3.63) is 60.8 Å². The molecule has 1 atom stereocenters. The molecule has 6 heteroatoms. The minimum Gasteiger partial charge on any atom is -0.462 e. The monoisotopic (exact) mass is 839 g/mol. The van der Waals surface area contributed by atoms with Crippen LogP contribution < -0.4 is 0 Å². The predicted molar refractivity (Wildman–Crippen MR) is 256 cm³/mol. The molecule has 0 amide bonds. The third kappa shape index (κ3) is 46.2. The Morgan fingerprint density at radius 2 is 0.650 bits per heavy atom. The third-order valence-corrected chi connectivity index (χ3v) is 10.8. The average Bonchev–Trinajstić information content (AvgIpc) is 3.24. The molecule has 0 fully saturated rings. The first-order valence-corrected chi connectivity index (χ1v) is 25.3. The largest absolute Gasteiger partial charge is 0.462 e. The molecule has 0 aromatic rings. The van der Waals surface area contributed by atoms with Crippen LogP contribution in [0.1, 0.15) is 245 Å². The summed E-state index contributed by atoms with van der Waals surface area (Å²) in [6, 6.07) is 0. The molecule has 346 valence electrons. The molecule has 0 bridgehead atoms. The molecule has 0 saturated carbocycles. The van der Waals surface area contributed by atoms with Crippen LogP contribution in [0.5, 0.6) is 0 Å². The van der Waals surface area contributed by atoms with Crippen molar-refractivity contribution in [3.63, 3.8) is 0 Å². The van der Waals surface area contributed by atoms with E-state index in [9.17, 15) is 14.4 Å². The number of allylic oxidation sites excluding steroid dienone is 10. The zero-order valence-electron chi connectivity index (χ0n) is 39.5. The summed E-state index contributed by atoms with van der Waals surface area (Å²) >= 11 is 0. The second-order valence-corrected chi connectivity index (χ2v) is 16.7. The Balaban J connectivity index is 4.39. The lowest BCUT2D eigenvalue weighted by Gasteiger charge is -2.18. The van der Waals surface area contributed by atoms with Gasteiger partial charge in [0.05, 0.1) is 0 Å². The van der Waals surface area contributed by atoms with E-state index >= 15 is 0 Å². The summed E-state index contributed by atoms with van der Waals surface area (Å²) in [5.41, 5.74) is 0. The summed E-state index contributed by atoms with van der Waals surface area (Å²) in [4.78, 5) is 37.9. The molecular formula is C54H94O6. The zero-order valence-corrected chi connectivity index (χ0v) is 39.5. The number of carbonyl (C=O) groups is 3. The first kappa shape index (κ1) is 57.1. The van der Waals surface area contributed by atoms with Gasteiger partial charge in [-0.1, -0.05) is 223 Å². The number of hydrogen-bond acceptors (Lipinski definition) is 6. The lowest BCUT2D eigenvalue weighted by Crippen LogP contribution is -2.30. The van der Waals surface area contributed by atoms with Crippen molar-refractivity contribution in [2.45, 2.75) is 252 Å². The van der Waals surface area contributed by atoms with E-state index < -0.39 is 6.10 Å². The van der Waals surface area contributed by atoms with Crippen molar-refractivity contribution in [1.29, 1.82) is 0 Å². The van der Waals surface area contributed by atoms with Gasteiger partial charge in [0.15, 0.2) is 6.10 Å². The quantitative estimate of drug-likeness (QED) is 0.0263. The second kappa shape index (κ2) is 48.8. The van der Waals surface area contributed by atoms with Gasteiger partial charge in [-0.15, -0.1) is 0 Å². The van der Waals surface area contributed by atoms with E-state index in [-0.39, 0.29) is 31.1 Å². The maximum Gasteiger partial charge on any atom is 0.306 e. The predicted octanol–water partition coefficient (Wildman–Crippen LogP) is 16.5. The van der Waals surface area contributed by atoms with Gasteiger partial charge in [-0.3, -0.25) is 14.4 Å². The van der Waals surface area contributed by atoms with Crippen LogP contribution >= 0.6 is 0 Å². The molecule has 0 spiro atoms. The smallest absolute Gasteiger partial charge is 0.306 e. The van der Waals surface area contributed by atoms with Gasteiger partial charge in [-0.05, 0) is 64.2 Å². The zero-order chi connectivity index (χ0) is 43.7. The Labute approximate surface area is 370 Å². The highest BCUT2D eigenvalue weighted by Gasteiger charge is 2.19. The van der Waals surface area contributed by atoms with Crippen LogP contribution in [0.3, 0.4) is 0 Å². The SMILES string of the molecule is CC/C=C\C/C=C\C/C=C\C/C=C\C/C=C\CCCCCC(=O)OC[C@@H](COC(=O)CCCCCCCCCCCC)OC(=O)CCCCCCCCCCCCCCC. The molecule has 0 aliphatic rings. The molecule has 0 saturated heterocycles. The van der Waals surface area contributed by atoms with Crippen molar-refractivity contribution in [2.75, 3.05) is 13.2 Å². The molecule has 0 heterocycles. The Hall–Kier alpha value is -2.89. The normalized spacial score (nSPS) is 12.5. The van der Waals surface area contributed by atoms with E-state index in [1.807, 2.05) is 0 Å². The fourth-order valence-corrected chi connectivity index (χ4v) is 7.00. The number of esters is 3. The van der Waals surface area contributed by atoms with Gasteiger partial charge in [0, 0.05) is 19.3 Å². The van der Waals surface area contributed by atoms with E-state index in [1.54, 1.807) is 0 Å². The lowest BCUT2D eigenvalue weighted by atomic mass is 10.0. The van der Waals surface area contributed by atoms with Gasteiger partial charge >= 0.3 is 17.9 Å². The summed E-state index contributed by atoms with van der Waals surface area (Å²) in [7, 11) is 0. The van der Waals surface area contributed by atoms with Gasteiger partial charge in [-0.25, -0.2) is 0 Å². The molecule has 60 heavy (non-hydrogen) atoms. The highest BCUT2D eigenvalue weighted by Crippen LogP contribution is 2.15. The van der Waals surface area contributed by atoms with Crippen LogP contribution in [0.25, 0.3) is 0 Å². The number of ether oxygens (including phenoxy) is 3. The van der Waals surface area contributed by atoms with Crippen molar-refractivity contribution in [3.8, 4) is 0 Å². The van der Waals surface area contributed by atoms with E-state index in [2.05, 4.69) is 81.5 Å². The van der Waals surface area contributed by atoms with Crippen molar-refractivity contribution in [2.24, 2.45) is 0 Å². The summed E-state index contributed by atoms with van der Waals surface area (Å²) in [6.07, 6.45) is 59.2. The maximum atomic E-state index is 12.8. The average molecular weight is 839 g/mol. The fraction of sp³-hybridized carbons (Fsp3) is 0.759. The topological polar surface area (TPSA) is 78.9 Å². The summed E-state index contributed by atoms with van der Waals surface area (Å²) in [6.45, 7) is 6.49. The van der Waals surface area contributed by atoms with Crippen molar-refractivity contribution >= 4 is 17.9 Å². The Morgan fingerprint density at radius 3 is 1.02 bits per heavy atom. The molecular weight excluding hydrogens is 745 g/mol. The van der Waals surface area contributed by atoms with Crippen molar-refractivity contribution < 1.29 is 28.6 Å². The standard InChI is InChI=1S/C54H94O6/c1-4-7-10-13-16-19-22-24-25-26-27-28-29-31-32-35-38-41-44-47-53(56)59-50-51(49-58-52(55)46-43-40-37-34-21-18-15-12-9-6-3)60-54(57)48-45-42-39-36-33-30-23-20-17-14-11-8-5-2/h7,10,16,19,24-25,27-28,31-32,51H,4-6,8-9,11-15,17-18,20-23,26,29-30,33-50H2,1-3H3/b10-7-,19-16-,25-24-,28-27-,32-31-/t51-/m1/s1. The Kier molecular flexibility index (Phi) is 46.4. The minimum atomic E-state index is -0.782. The second-order valence-electron chi connectivity index (χ2n) is 16.7. The molecule has 0 radical (unpaired) electrons. The van der Waals surface area contributed by atoms with Crippen LogP contribution in [0.2, 0.25) is 0 Å². The number of rotatable bonds is 45. The molecule has 0 aliphatic heterocycles. The Bertz CT molecular complexity index is 1100. The van der Waals surface area contributed by atoms with Crippen LogP contribution in [0, 0.1) is 0 Å². The molecule has 0 aliphatic carbocycles. The van der Waals surface area contributed by atoms with Gasteiger partial charge in [0.1, 0.15) is 13.2 Å². The minimum absolute atomic E-state index is 0.0819. The Morgan fingerprint density at radius 1 is 0.350 bits per heavy atom. The van der Waals surface area contributed by atoms with Crippen LogP contribution in [0.15, 0.2) is 60.8 Å². The first-order valence-electron chi connectivity index (χ1n) is 25.3. The van der Waals surface area contributed by atoms with Crippen LogP contribution in [0.4, 0.5) is 0 Å². The first-order chi connectivity index (χ1) is 29.5.